The van der Waals surface area contributed by atoms with Gasteiger partial charge in [-0.15, -0.1) is 0 Å². The minimum absolute atomic E-state index is 0.0493. The molecular formula is C18H27N3O5S. The Morgan fingerprint density at radius 1 is 1.11 bits per heavy atom. The second-order valence-electron chi connectivity index (χ2n) is 6.78. The summed E-state index contributed by atoms with van der Waals surface area (Å²) in [5.74, 6) is -0.742. The second kappa shape index (κ2) is 9.82. The lowest BCUT2D eigenvalue weighted by Crippen LogP contribution is -2.45. The third kappa shape index (κ3) is 6.30. The summed E-state index contributed by atoms with van der Waals surface area (Å²) in [5.41, 5.74) is 5.09. The Morgan fingerprint density at radius 3 is 2.33 bits per heavy atom. The van der Waals surface area contributed by atoms with Gasteiger partial charge in [-0.1, -0.05) is 19.3 Å². The van der Waals surface area contributed by atoms with E-state index in [-0.39, 0.29) is 34.9 Å². The van der Waals surface area contributed by atoms with E-state index in [9.17, 15) is 18.0 Å². The van der Waals surface area contributed by atoms with Gasteiger partial charge in [-0.3, -0.25) is 20.4 Å². The molecule has 150 valence electrons. The third-order valence-electron chi connectivity index (χ3n) is 4.48. The number of sulfonamides is 1. The summed E-state index contributed by atoms with van der Waals surface area (Å²) < 4.78 is 31.9. The van der Waals surface area contributed by atoms with E-state index < -0.39 is 15.9 Å². The number of hydrazine groups is 1. The molecule has 1 atom stereocenters. The van der Waals surface area contributed by atoms with Crippen molar-refractivity contribution in [3.05, 3.63) is 29.8 Å². The van der Waals surface area contributed by atoms with E-state index in [0.29, 0.717) is 0 Å². The Morgan fingerprint density at radius 2 is 1.74 bits per heavy atom. The van der Waals surface area contributed by atoms with Crippen LogP contribution in [0.3, 0.4) is 0 Å². The van der Waals surface area contributed by atoms with Crippen LogP contribution in [0.15, 0.2) is 29.2 Å². The molecule has 1 aromatic rings. The molecular weight excluding hydrogens is 370 g/mol. The smallest absolute Gasteiger partial charge is 0.269 e. The number of methoxy groups -OCH3 is 1. The van der Waals surface area contributed by atoms with E-state index in [1.165, 1.54) is 31.4 Å². The fraction of sp³-hybridized carbons (Fsp3) is 0.556. The summed E-state index contributed by atoms with van der Waals surface area (Å²) in [6.07, 6.45) is 4.87. The van der Waals surface area contributed by atoms with Crippen LogP contribution in [0.2, 0.25) is 0 Å². The molecule has 27 heavy (non-hydrogen) atoms. The van der Waals surface area contributed by atoms with Gasteiger partial charge in [0.15, 0.2) is 0 Å². The van der Waals surface area contributed by atoms with Crippen molar-refractivity contribution in [1.82, 2.24) is 15.6 Å². The molecule has 2 amide bonds. The van der Waals surface area contributed by atoms with Crippen molar-refractivity contribution in [2.24, 2.45) is 5.92 Å². The summed E-state index contributed by atoms with van der Waals surface area (Å²) in [5, 5.41) is 0. The number of hydrogen-bond donors (Lipinski definition) is 3. The summed E-state index contributed by atoms with van der Waals surface area (Å²) in [4.78, 5) is 24.2. The fourth-order valence-corrected chi connectivity index (χ4v) is 4.29. The van der Waals surface area contributed by atoms with Crippen LogP contribution < -0.4 is 15.6 Å². The van der Waals surface area contributed by atoms with Crippen molar-refractivity contribution in [2.75, 3.05) is 13.7 Å². The number of hydrogen-bond acceptors (Lipinski definition) is 5. The fourth-order valence-electron chi connectivity index (χ4n) is 3.06. The summed E-state index contributed by atoms with van der Waals surface area (Å²) in [6, 6.07) is 5.12. The van der Waals surface area contributed by atoms with Crippen molar-refractivity contribution in [1.29, 1.82) is 0 Å². The number of amides is 2. The van der Waals surface area contributed by atoms with Gasteiger partial charge >= 0.3 is 0 Å². The molecule has 2 rings (SSSR count). The molecule has 0 bridgehead atoms. The van der Waals surface area contributed by atoms with Gasteiger partial charge in [-0.2, -0.15) is 0 Å². The molecule has 8 nitrogen and oxygen atoms in total. The molecule has 0 spiro atoms. The largest absolute Gasteiger partial charge is 0.383 e. The first-order valence-corrected chi connectivity index (χ1v) is 10.5. The Labute approximate surface area is 160 Å². The molecule has 1 aliphatic carbocycles. The quantitative estimate of drug-likeness (QED) is 0.601. The van der Waals surface area contributed by atoms with Crippen LogP contribution in [0, 0.1) is 5.92 Å². The molecule has 9 heteroatoms. The van der Waals surface area contributed by atoms with Crippen LogP contribution in [-0.4, -0.2) is 40.0 Å². The monoisotopic (exact) mass is 397 g/mol. The highest BCUT2D eigenvalue weighted by Gasteiger charge is 2.22. The van der Waals surface area contributed by atoms with Crippen LogP contribution in [0.5, 0.6) is 0 Å². The standard InChI is InChI=1S/C18H27N3O5S/c1-13(12-26-2)21-27(24,25)16-10-8-15(9-11-16)18(23)20-19-17(22)14-6-4-3-5-7-14/h8-11,13-14,21H,3-7,12H2,1-2H3,(H,19,22)(H,20,23)/t13-/m0/s1. The average Bonchev–Trinajstić information content (AvgIpc) is 2.66. The van der Waals surface area contributed by atoms with Crippen molar-refractivity contribution < 1.29 is 22.7 Å². The van der Waals surface area contributed by atoms with E-state index in [2.05, 4.69) is 15.6 Å². The minimum Gasteiger partial charge on any atom is -0.383 e. The molecule has 0 aliphatic heterocycles. The zero-order valence-corrected chi connectivity index (χ0v) is 16.5. The van der Waals surface area contributed by atoms with Gasteiger partial charge in [0.25, 0.3) is 5.91 Å². The summed E-state index contributed by atoms with van der Waals surface area (Å²) in [7, 11) is -2.20. The van der Waals surface area contributed by atoms with Crippen molar-refractivity contribution in [3.8, 4) is 0 Å². The first kappa shape index (κ1) is 21.3. The number of ether oxygens (including phenoxy) is 1. The van der Waals surface area contributed by atoms with E-state index in [1.807, 2.05) is 0 Å². The molecule has 0 heterocycles. The number of benzene rings is 1. The summed E-state index contributed by atoms with van der Waals surface area (Å²) in [6.45, 7) is 1.94. The van der Waals surface area contributed by atoms with Crippen LogP contribution in [-0.2, 0) is 19.6 Å². The number of rotatable bonds is 7. The number of carbonyl (C=O) groups is 2. The maximum absolute atomic E-state index is 12.3. The van der Waals surface area contributed by atoms with Crippen molar-refractivity contribution >= 4 is 21.8 Å². The second-order valence-corrected chi connectivity index (χ2v) is 8.49. The Balaban J connectivity index is 1.91. The maximum atomic E-state index is 12.3. The first-order chi connectivity index (χ1) is 12.8. The average molecular weight is 397 g/mol. The van der Waals surface area contributed by atoms with E-state index in [4.69, 9.17) is 4.74 Å². The van der Waals surface area contributed by atoms with Crippen LogP contribution in [0.1, 0.15) is 49.4 Å². The third-order valence-corrected chi connectivity index (χ3v) is 6.08. The highest BCUT2D eigenvalue weighted by Crippen LogP contribution is 2.23. The lowest BCUT2D eigenvalue weighted by atomic mass is 9.89. The van der Waals surface area contributed by atoms with Gasteiger partial charge < -0.3 is 4.74 Å². The molecule has 1 fully saturated rings. The van der Waals surface area contributed by atoms with Crippen molar-refractivity contribution in [2.45, 2.75) is 50.0 Å². The predicted octanol–water partition coefficient (Wildman–Crippen LogP) is 1.34. The Bertz CT molecular complexity index is 743. The van der Waals surface area contributed by atoms with Crippen molar-refractivity contribution in [3.63, 3.8) is 0 Å². The van der Waals surface area contributed by atoms with E-state index >= 15 is 0 Å². The number of nitrogens with one attached hydrogen (secondary N) is 3. The van der Waals surface area contributed by atoms with Gasteiger partial charge in [0, 0.05) is 24.6 Å². The maximum Gasteiger partial charge on any atom is 0.269 e. The van der Waals surface area contributed by atoms with Crippen LogP contribution >= 0.6 is 0 Å². The number of carbonyl (C=O) groups excluding carboxylic acids is 2. The normalized spacial score (nSPS) is 16.5. The highest BCUT2D eigenvalue weighted by atomic mass is 32.2. The molecule has 0 unspecified atom stereocenters. The van der Waals surface area contributed by atoms with Crippen LogP contribution in [0.4, 0.5) is 0 Å². The molecule has 0 radical (unpaired) electrons. The van der Waals surface area contributed by atoms with Gasteiger partial charge in [0.2, 0.25) is 15.9 Å². The topological polar surface area (TPSA) is 114 Å². The molecule has 1 aliphatic rings. The van der Waals surface area contributed by atoms with E-state index in [1.54, 1.807) is 6.92 Å². The SMILES string of the molecule is COC[C@H](C)NS(=O)(=O)c1ccc(C(=O)NNC(=O)C2CCCCC2)cc1. The first-order valence-electron chi connectivity index (χ1n) is 9.05. The zero-order valence-electron chi connectivity index (χ0n) is 15.7. The van der Waals surface area contributed by atoms with Gasteiger partial charge in [0.05, 0.1) is 11.5 Å². The van der Waals surface area contributed by atoms with Crippen LogP contribution in [0.25, 0.3) is 0 Å². The Kier molecular flexibility index (Phi) is 7.76. The minimum atomic E-state index is -3.70. The molecule has 0 aromatic heterocycles. The highest BCUT2D eigenvalue weighted by molar-refractivity contribution is 7.89. The predicted molar refractivity (Wildman–Crippen MR) is 100 cm³/mol. The lowest BCUT2D eigenvalue weighted by molar-refractivity contribution is -0.126. The lowest BCUT2D eigenvalue weighted by Gasteiger charge is -2.20. The molecule has 1 aromatic carbocycles. The van der Waals surface area contributed by atoms with Gasteiger partial charge in [-0.05, 0) is 44.0 Å². The zero-order chi connectivity index (χ0) is 19.9. The summed E-state index contributed by atoms with van der Waals surface area (Å²) >= 11 is 0. The molecule has 1 saturated carbocycles. The molecule has 0 saturated heterocycles. The van der Waals surface area contributed by atoms with Gasteiger partial charge in [0.1, 0.15) is 0 Å². The molecule has 3 N–H and O–H groups in total. The Hall–Kier alpha value is -1.97. The van der Waals surface area contributed by atoms with Gasteiger partial charge in [-0.25, -0.2) is 13.1 Å². The van der Waals surface area contributed by atoms with E-state index in [0.717, 1.165) is 32.1 Å².